The third-order valence-corrected chi connectivity index (χ3v) is 5.56. The SMILES string of the molecule is Cc1ccc(-c2nnc3n2CCCCC3)cc1NC(=O)Cc1ccccc1Cl. The van der Waals surface area contributed by atoms with Crippen LogP contribution in [0.25, 0.3) is 11.4 Å². The Bertz CT molecular complexity index is 1010. The normalized spacial score (nSPS) is 13.6. The molecule has 0 unspecified atom stereocenters. The van der Waals surface area contributed by atoms with Crippen LogP contribution in [0.5, 0.6) is 0 Å². The van der Waals surface area contributed by atoms with Crippen LogP contribution in [0.1, 0.15) is 36.2 Å². The van der Waals surface area contributed by atoms with E-state index in [1.165, 1.54) is 6.42 Å². The Hall–Kier alpha value is -2.66. The predicted octanol–water partition coefficient (Wildman–Crippen LogP) is 4.81. The van der Waals surface area contributed by atoms with Crippen LogP contribution in [0, 0.1) is 6.92 Å². The highest BCUT2D eigenvalue weighted by atomic mass is 35.5. The number of aromatic nitrogens is 3. The molecule has 2 aromatic carbocycles. The van der Waals surface area contributed by atoms with Gasteiger partial charge in [0.25, 0.3) is 0 Å². The second-order valence-corrected chi connectivity index (χ2v) is 7.66. The van der Waals surface area contributed by atoms with E-state index in [4.69, 9.17) is 11.6 Å². The van der Waals surface area contributed by atoms with Crippen LogP contribution < -0.4 is 5.32 Å². The third-order valence-electron chi connectivity index (χ3n) is 5.19. The highest BCUT2D eigenvalue weighted by Crippen LogP contribution is 2.27. The Kier molecular flexibility index (Phi) is 5.44. The van der Waals surface area contributed by atoms with Crippen LogP contribution >= 0.6 is 11.6 Å². The molecule has 3 aromatic rings. The van der Waals surface area contributed by atoms with Crippen molar-refractivity contribution in [3.8, 4) is 11.4 Å². The zero-order valence-corrected chi connectivity index (χ0v) is 16.7. The van der Waals surface area contributed by atoms with Crippen LogP contribution in [0.3, 0.4) is 0 Å². The molecular weight excluding hydrogens is 372 g/mol. The standard InChI is InChI=1S/C22H23ClN4O/c1-15-10-11-17(22-26-25-20-9-3-2-6-12-27(20)22)13-19(15)24-21(28)14-16-7-4-5-8-18(16)23/h4-5,7-8,10-11,13H,2-3,6,9,12,14H2,1H3,(H,24,28). The Morgan fingerprint density at radius 2 is 2.00 bits per heavy atom. The molecule has 0 atom stereocenters. The number of anilines is 1. The molecule has 28 heavy (non-hydrogen) atoms. The molecule has 1 aliphatic rings. The Morgan fingerprint density at radius 1 is 1.14 bits per heavy atom. The van der Waals surface area contributed by atoms with Gasteiger partial charge in [-0.3, -0.25) is 4.79 Å². The van der Waals surface area contributed by atoms with Crippen LogP contribution in [0.2, 0.25) is 5.02 Å². The number of carbonyl (C=O) groups is 1. The van der Waals surface area contributed by atoms with Crippen molar-refractivity contribution in [3.05, 3.63) is 64.4 Å². The van der Waals surface area contributed by atoms with Gasteiger partial charge in [0.05, 0.1) is 6.42 Å². The summed E-state index contributed by atoms with van der Waals surface area (Å²) in [7, 11) is 0. The number of hydrogen-bond acceptors (Lipinski definition) is 3. The van der Waals surface area contributed by atoms with E-state index in [0.717, 1.165) is 59.8 Å². The number of nitrogens with zero attached hydrogens (tertiary/aromatic N) is 3. The lowest BCUT2D eigenvalue weighted by Crippen LogP contribution is -2.15. The number of amides is 1. The molecule has 0 saturated carbocycles. The van der Waals surface area contributed by atoms with E-state index in [1.54, 1.807) is 6.07 Å². The number of benzene rings is 2. The maximum Gasteiger partial charge on any atom is 0.228 e. The molecule has 0 bridgehead atoms. The van der Waals surface area contributed by atoms with Crippen molar-refractivity contribution in [1.29, 1.82) is 0 Å². The van der Waals surface area contributed by atoms with E-state index in [9.17, 15) is 4.79 Å². The minimum Gasteiger partial charge on any atom is -0.326 e. The van der Waals surface area contributed by atoms with Gasteiger partial charge in [-0.2, -0.15) is 0 Å². The van der Waals surface area contributed by atoms with Crippen LogP contribution in [-0.2, 0) is 24.2 Å². The molecule has 0 radical (unpaired) electrons. The minimum atomic E-state index is -0.0894. The monoisotopic (exact) mass is 394 g/mol. The van der Waals surface area contributed by atoms with Crippen LogP contribution in [0.15, 0.2) is 42.5 Å². The summed E-state index contributed by atoms with van der Waals surface area (Å²) in [5, 5.41) is 12.4. The molecule has 1 aliphatic heterocycles. The van der Waals surface area contributed by atoms with E-state index in [1.807, 2.05) is 43.3 Å². The van der Waals surface area contributed by atoms with Gasteiger partial charge in [0.15, 0.2) is 5.82 Å². The molecular formula is C22H23ClN4O. The maximum absolute atomic E-state index is 12.6. The van der Waals surface area contributed by atoms with E-state index >= 15 is 0 Å². The summed E-state index contributed by atoms with van der Waals surface area (Å²) in [4.78, 5) is 12.6. The Labute approximate surface area is 169 Å². The summed E-state index contributed by atoms with van der Waals surface area (Å²) in [6.07, 6.45) is 4.74. The molecule has 6 heteroatoms. The first-order valence-electron chi connectivity index (χ1n) is 9.68. The molecule has 1 N–H and O–H groups in total. The fourth-order valence-electron chi connectivity index (χ4n) is 3.60. The fourth-order valence-corrected chi connectivity index (χ4v) is 3.81. The van der Waals surface area contributed by atoms with Crippen molar-refractivity contribution in [2.45, 2.75) is 45.6 Å². The van der Waals surface area contributed by atoms with Gasteiger partial charge in [0.2, 0.25) is 5.91 Å². The number of rotatable bonds is 4. The van der Waals surface area contributed by atoms with Crippen molar-refractivity contribution in [1.82, 2.24) is 14.8 Å². The summed E-state index contributed by atoms with van der Waals surface area (Å²) in [5.74, 6) is 1.84. The van der Waals surface area contributed by atoms with Crippen molar-refractivity contribution in [2.24, 2.45) is 0 Å². The number of nitrogens with one attached hydrogen (secondary N) is 1. The first-order valence-corrected chi connectivity index (χ1v) is 10.1. The van der Waals surface area contributed by atoms with Gasteiger partial charge in [-0.05, 0) is 43.0 Å². The molecule has 0 saturated heterocycles. The molecule has 1 aromatic heterocycles. The van der Waals surface area contributed by atoms with Crippen LogP contribution in [0.4, 0.5) is 5.69 Å². The average molecular weight is 395 g/mol. The van der Waals surface area contributed by atoms with Gasteiger partial charge in [0.1, 0.15) is 5.82 Å². The molecule has 0 fully saturated rings. The average Bonchev–Trinajstić information content (AvgIpc) is 2.93. The molecule has 2 heterocycles. The fraction of sp³-hybridized carbons (Fsp3) is 0.318. The van der Waals surface area contributed by atoms with Gasteiger partial charge in [0, 0.05) is 29.2 Å². The smallest absolute Gasteiger partial charge is 0.228 e. The quantitative estimate of drug-likeness (QED) is 0.690. The van der Waals surface area contributed by atoms with E-state index in [-0.39, 0.29) is 12.3 Å². The van der Waals surface area contributed by atoms with Gasteiger partial charge in [-0.1, -0.05) is 48.4 Å². The third kappa shape index (κ3) is 3.94. The highest BCUT2D eigenvalue weighted by Gasteiger charge is 2.17. The van der Waals surface area contributed by atoms with Gasteiger partial charge < -0.3 is 9.88 Å². The van der Waals surface area contributed by atoms with Crippen molar-refractivity contribution in [2.75, 3.05) is 5.32 Å². The molecule has 5 nitrogen and oxygen atoms in total. The highest BCUT2D eigenvalue weighted by molar-refractivity contribution is 6.31. The Morgan fingerprint density at radius 3 is 2.86 bits per heavy atom. The Balaban J connectivity index is 1.57. The first-order chi connectivity index (χ1) is 13.6. The lowest BCUT2D eigenvalue weighted by Gasteiger charge is -2.12. The topological polar surface area (TPSA) is 59.8 Å². The van der Waals surface area contributed by atoms with Crippen molar-refractivity contribution < 1.29 is 4.79 Å². The molecule has 1 amide bonds. The number of carbonyl (C=O) groups excluding carboxylic acids is 1. The molecule has 0 aliphatic carbocycles. The lowest BCUT2D eigenvalue weighted by molar-refractivity contribution is -0.115. The summed E-state index contributed by atoms with van der Waals surface area (Å²) in [5.41, 5.74) is 3.59. The largest absolute Gasteiger partial charge is 0.326 e. The number of halogens is 1. The summed E-state index contributed by atoms with van der Waals surface area (Å²) in [6, 6.07) is 13.5. The number of hydrogen-bond donors (Lipinski definition) is 1. The first kappa shape index (κ1) is 18.7. The summed E-state index contributed by atoms with van der Waals surface area (Å²) < 4.78 is 2.22. The van der Waals surface area contributed by atoms with Crippen LogP contribution in [-0.4, -0.2) is 20.7 Å². The van der Waals surface area contributed by atoms with Gasteiger partial charge in [-0.25, -0.2) is 0 Å². The second kappa shape index (κ2) is 8.15. The summed E-state index contributed by atoms with van der Waals surface area (Å²) in [6.45, 7) is 2.93. The second-order valence-electron chi connectivity index (χ2n) is 7.25. The van der Waals surface area contributed by atoms with E-state index in [2.05, 4.69) is 20.1 Å². The number of aryl methyl sites for hydroxylation is 2. The minimum absolute atomic E-state index is 0.0894. The van der Waals surface area contributed by atoms with Gasteiger partial charge >= 0.3 is 0 Å². The zero-order valence-electron chi connectivity index (χ0n) is 15.9. The van der Waals surface area contributed by atoms with Gasteiger partial charge in [-0.15, -0.1) is 10.2 Å². The molecule has 4 rings (SSSR count). The van der Waals surface area contributed by atoms with Crippen molar-refractivity contribution >= 4 is 23.2 Å². The summed E-state index contributed by atoms with van der Waals surface area (Å²) >= 11 is 6.18. The molecule has 144 valence electrons. The predicted molar refractivity (Wildman–Crippen MR) is 112 cm³/mol. The van der Waals surface area contributed by atoms with E-state index in [0.29, 0.717) is 5.02 Å². The molecule has 0 spiro atoms. The zero-order chi connectivity index (χ0) is 19.5. The van der Waals surface area contributed by atoms with Crippen molar-refractivity contribution in [3.63, 3.8) is 0 Å². The maximum atomic E-state index is 12.6. The number of fused-ring (bicyclic) bond motifs is 1. The lowest BCUT2D eigenvalue weighted by atomic mass is 10.1. The van der Waals surface area contributed by atoms with E-state index < -0.39 is 0 Å².